The summed E-state index contributed by atoms with van der Waals surface area (Å²) >= 11 is 0. The highest BCUT2D eigenvalue weighted by Gasteiger charge is 2.36. The van der Waals surface area contributed by atoms with Crippen molar-refractivity contribution < 1.29 is 43.6 Å². The first-order valence-electron chi connectivity index (χ1n) is 16.8. The highest BCUT2D eigenvalue weighted by Crippen LogP contribution is 2.21. The van der Waals surface area contributed by atoms with E-state index in [4.69, 9.17) is 14.2 Å². The Morgan fingerprint density at radius 2 is 1.34 bits per heavy atom. The molecule has 1 unspecified atom stereocenters. The number of carbonyl (C=O) groups is 4. The standard InChI is InChI=1S/C36H53N5O9/c1-35(2,3)30(41-33(46)49-22-25-21-48-32(45)38-25)31(44)39-26(17-23-13-9-7-10-14-23)28(42)19-37-20-29(43)27(18-24-15-11-8-12-16-24)40-34(47)50-36(4,5)6/h7-16,25-30,37,42-43H,17-22H2,1-6H3,(H,38,45)(H,39,44)(H,40,47)(H,41,46)/t25?,26-,27-,28+,29+,30+/m0/s1. The summed E-state index contributed by atoms with van der Waals surface area (Å²) in [6, 6.07) is 15.7. The maximum absolute atomic E-state index is 13.7. The molecule has 0 spiro atoms. The summed E-state index contributed by atoms with van der Waals surface area (Å²) in [5.41, 5.74) is 0.303. The smallest absolute Gasteiger partial charge is 0.407 e. The first-order valence-corrected chi connectivity index (χ1v) is 16.8. The van der Waals surface area contributed by atoms with Crippen LogP contribution >= 0.6 is 0 Å². The summed E-state index contributed by atoms with van der Waals surface area (Å²) < 4.78 is 15.5. The summed E-state index contributed by atoms with van der Waals surface area (Å²) in [5, 5.41) is 36.4. The molecule has 0 aliphatic carbocycles. The lowest BCUT2D eigenvalue weighted by Gasteiger charge is -2.33. The fraction of sp³-hybridized carbons (Fsp3) is 0.556. The predicted molar refractivity (Wildman–Crippen MR) is 186 cm³/mol. The average Bonchev–Trinajstić information content (AvgIpc) is 3.46. The molecule has 50 heavy (non-hydrogen) atoms. The van der Waals surface area contributed by atoms with Gasteiger partial charge >= 0.3 is 18.3 Å². The Balaban J connectivity index is 1.66. The van der Waals surface area contributed by atoms with Crippen LogP contribution in [0.5, 0.6) is 0 Å². The third-order valence-corrected chi connectivity index (χ3v) is 7.81. The molecule has 14 heteroatoms. The maximum atomic E-state index is 13.7. The molecular formula is C36H53N5O9. The van der Waals surface area contributed by atoms with Crippen molar-refractivity contribution in [1.29, 1.82) is 0 Å². The highest BCUT2D eigenvalue weighted by molar-refractivity contribution is 5.86. The number of alkyl carbamates (subject to hydrolysis) is 3. The molecule has 2 aromatic carbocycles. The minimum Gasteiger partial charge on any atom is -0.447 e. The average molecular weight is 700 g/mol. The second-order valence-electron chi connectivity index (χ2n) is 14.5. The van der Waals surface area contributed by atoms with E-state index in [0.29, 0.717) is 6.42 Å². The summed E-state index contributed by atoms with van der Waals surface area (Å²) in [7, 11) is 0. The molecule has 0 aromatic heterocycles. The van der Waals surface area contributed by atoms with Crippen LogP contribution in [0, 0.1) is 5.41 Å². The molecule has 276 valence electrons. The van der Waals surface area contributed by atoms with Gasteiger partial charge in [-0.3, -0.25) is 4.79 Å². The Labute approximate surface area is 294 Å². The lowest BCUT2D eigenvalue weighted by Crippen LogP contribution is -2.59. The first-order chi connectivity index (χ1) is 23.5. The van der Waals surface area contributed by atoms with Crippen LogP contribution in [0.25, 0.3) is 0 Å². The zero-order valence-electron chi connectivity index (χ0n) is 29.7. The number of benzene rings is 2. The SMILES string of the molecule is CC(C)(C)OC(=O)N[C@@H](Cc1ccccc1)[C@H](O)CNC[C@@H](O)[C@H](Cc1ccccc1)NC(=O)[C@@H](NC(=O)OCC1COC(=O)N1)C(C)(C)C. The van der Waals surface area contributed by atoms with Crippen LogP contribution in [0.1, 0.15) is 52.7 Å². The normalized spacial score (nSPS) is 17.6. The van der Waals surface area contributed by atoms with E-state index < -0.39 is 71.6 Å². The van der Waals surface area contributed by atoms with E-state index in [0.717, 1.165) is 11.1 Å². The number of carbonyl (C=O) groups excluding carboxylic acids is 4. The summed E-state index contributed by atoms with van der Waals surface area (Å²) in [6.07, 6.45) is -3.65. The molecule has 1 aliphatic heterocycles. The van der Waals surface area contributed by atoms with Gasteiger partial charge in [0.05, 0.1) is 24.3 Å². The predicted octanol–water partition coefficient (Wildman–Crippen LogP) is 2.41. The quantitative estimate of drug-likeness (QED) is 0.128. The van der Waals surface area contributed by atoms with Gasteiger partial charge in [-0.2, -0.15) is 0 Å². The number of amides is 4. The van der Waals surface area contributed by atoms with E-state index in [-0.39, 0.29) is 32.7 Å². The molecule has 0 saturated carbocycles. The van der Waals surface area contributed by atoms with Crippen LogP contribution in [-0.2, 0) is 31.8 Å². The van der Waals surface area contributed by atoms with Gasteiger partial charge in [0.1, 0.15) is 30.9 Å². The van der Waals surface area contributed by atoms with Crippen LogP contribution < -0.4 is 26.6 Å². The second-order valence-corrected chi connectivity index (χ2v) is 14.5. The molecule has 0 radical (unpaired) electrons. The van der Waals surface area contributed by atoms with Gasteiger partial charge in [-0.15, -0.1) is 0 Å². The fourth-order valence-electron chi connectivity index (χ4n) is 5.22. The zero-order chi connectivity index (χ0) is 36.9. The Hall–Kier alpha value is -4.40. The molecule has 1 heterocycles. The molecule has 7 N–H and O–H groups in total. The minimum absolute atomic E-state index is 0.00975. The van der Waals surface area contributed by atoms with Gasteiger partial charge < -0.3 is 51.0 Å². The number of aliphatic hydroxyl groups excluding tert-OH is 2. The molecule has 6 atom stereocenters. The van der Waals surface area contributed by atoms with Crippen molar-refractivity contribution in [3.8, 4) is 0 Å². The molecule has 14 nitrogen and oxygen atoms in total. The maximum Gasteiger partial charge on any atom is 0.407 e. The lowest BCUT2D eigenvalue weighted by atomic mass is 9.85. The van der Waals surface area contributed by atoms with Crippen molar-refractivity contribution in [3.05, 3.63) is 71.8 Å². The van der Waals surface area contributed by atoms with Crippen molar-refractivity contribution in [2.45, 2.75) is 96.4 Å². The topological polar surface area (TPSA) is 197 Å². The largest absolute Gasteiger partial charge is 0.447 e. The van der Waals surface area contributed by atoms with Crippen LogP contribution in [-0.4, -0.2) is 103 Å². The molecule has 4 amide bonds. The van der Waals surface area contributed by atoms with Gasteiger partial charge in [-0.05, 0) is 50.2 Å². The van der Waals surface area contributed by atoms with E-state index in [2.05, 4.69) is 26.6 Å². The molecule has 0 bridgehead atoms. The van der Waals surface area contributed by atoms with Gasteiger partial charge in [0.2, 0.25) is 5.91 Å². The Morgan fingerprint density at radius 1 is 0.820 bits per heavy atom. The van der Waals surface area contributed by atoms with Crippen molar-refractivity contribution >= 4 is 24.2 Å². The number of nitrogens with one attached hydrogen (secondary N) is 5. The highest BCUT2D eigenvalue weighted by atomic mass is 16.6. The second kappa shape index (κ2) is 18.6. The molecule has 1 fully saturated rings. The van der Waals surface area contributed by atoms with Crippen LogP contribution in [0.15, 0.2) is 60.7 Å². The molecule has 1 aliphatic rings. The van der Waals surface area contributed by atoms with Crippen LogP contribution in [0.3, 0.4) is 0 Å². The van der Waals surface area contributed by atoms with Gasteiger partial charge in [0.25, 0.3) is 0 Å². The number of rotatable bonds is 16. The van der Waals surface area contributed by atoms with Crippen LogP contribution in [0.4, 0.5) is 14.4 Å². The minimum atomic E-state index is -1.11. The third-order valence-electron chi connectivity index (χ3n) is 7.81. The van der Waals surface area contributed by atoms with Gasteiger partial charge in [-0.1, -0.05) is 81.4 Å². The Bertz CT molecular complexity index is 1380. The number of hydrogen-bond acceptors (Lipinski definition) is 10. The van der Waals surface area contributed by atoms with Crippen molar-refractivity contribution in [2.75, 3.05) is 26.3 Å². The molecule has 3 rings (SSSR count). The van der Waals surface area contributed by atoms with E-state index in [1.807, 2.05) is 60.7 Å². The van der Waals surface area contributed by atoms with E-state index in [1.165, 1.54) is 0 Å². The first kappa shape index (κ1) is 40.0. The fourth-order valence-corrected chi connectivity index (χ4v) is 5.22. The molecular weight excluding hydrogens is 646 g/mol. The van der Waals surface area contributed by atoms with Crippen molar-refractivity contribution in [2.24, 2.45) is 5.41 Å². The number of cyclic esters (lactones) is 1. The van der Waals surface area contributed by atoms with E-state index >= 15 is 0 Å². The molecule has 1 saturated heterocycles. The third kappa shape index (κ3) is 14.2. The number of hydrogen-bond donors (Lipinski definition) is 7. The van der Waals surface area contributed by atoms with Crippen molar-refractivity contribution in [1.82, 2.24) is 26.6 Å². The lowest BCUT2D eigenvalue weighted by molar-refractivity contribution is -0.127. The van der Waals surface area contributed by atoms with Crippen molar-refractivity contribution in [3.63, 3.8) is 0 Å². The Kier molecular flexibility index (Phi) is 14.9. The summed E-state index contributed by atoms with van der Waals surface area (Å²) in [5.74, 6) is -0.531. The Morgan fingerprint density at radius 3 is 1.80 bits per heavy atom. The number of aliphatic hydroxyl groups is 2. The summed E-state index contributed by atoms with van der Waals surface area (Å²) in [6.45, 7) is 10.5. The summed E-state index contributed by atoms with van der Waals surface area (Å²) in [4.78, 5) is 50.3. The van der Waals surface area contributed by atoms with Gasteiger partial charge in [0, 0.05) is 13.1 Å². The van der Waals surface area contributed by atoms with Gasteiger partial charge in [0.15, 0.2) is 0 Å². The van der Waals surface area contributed by atoms with Gasteiger partial charge in [-0.25, -0.2) is 14.4 Å². The van der Waals surface area contributed by atoms with E-state index in [1.54, 1.807) is 41.5 Å². The number of ether oxygens (including phenoxy) is 3. The monoisotopic (exact) mass is 699 g/mol. The zero-order valence-corrected chi connectivity index (χ0v) is 29.7. The van der Waals surface area contributed by atoms with Crippen LogP contribution in [0.2, 0.25) is 0 Å². The molecule has 2 aromatic rings. The van der Waals surface area contributed by atoms with E-state index in [9.17, 15) is 29.4 Å².